The van der Waals surface area contributed by atoms with Gasteiger partial charge in [-0.3, -0.25) is 0 Å². The number of anilines is 1. The van der Waals surface area contributed by atoms with E-state index in [1.54, 1.807) is 38.1 Å². The lowest BCUT2D eigenvalue weighted by Crippen LogP contribution is -2.14. The zero-order valence-electron chi connectivity index (χ0n) is 15.8. The lowest BCUT2D eigenvalue weighted by atomic mass is 10.1. The first-order chi connectivity index (χ1) is 13.4. The third-order valence-corrected chi connectivity index (χ3v) is 4.69. The van der Waals surface area contributed by atoms with E-state index >= 15 is 0 Å². The van der Waals surface area contributed by atoms with Crippen molar-refractivity contribution in [2.45, 2.75) is 20.5 Å². The van der Waals surface area contributed by atoms with E-state index < -0.39 is 17.9 Å². The van der Waals surface area contributed by atoms with Gasteiger partial charge in [-0.2, -0.15) is 0 Å². The molecular formula is C19H21NO7S. The van der Waals surface area contributed by atoms with Crippen molar-refractivity contribution in [3.63, 3.8) is 0 Å². The number of nitrogen functional groups attached to an aromatic ring is 1. The summed E-state index contributed by atoms with van der Waals surface area (Å²) in [6.45, 7) is 3.26. The van der Waals surface area contributed by atoms with E-state index in [0.29, 0.717) is 11.3 Å². The van der Waals surface area contributed by atoms with E-state index in [1.807, 2.05) is 0 Å². The van der Waals surface area contributed by atoms with Crippen LogP contribution in [0.1, 0.15) is 49.8 Å². The first kappa shape index (κ1) is 21.2. The van der Waals surface area contributed by atoms with E-state index in [2.05, 4.69) is 0 Å². The average Bonchev–Trinajstić information content (AvgIpc) is 3.03. The van der Waals surface area contributed by atoms with Gasteiger partial charge in [-0.25, -0.2) is 14.4 Å². The van der Waals surface area contributed by atoms with Gasteiger partial charge in [0, 0.05) is 5.56 Å². The standard InChI is InChI=1S/C19H21NO7S/c1-4-25-18(22)14-13(15(28-16(14)20)19(23)26-5-2)10-27-17(21)11-6-8-12(24-3)9-7-11/h6-9H,4-5,10,20H2,1-3H3. The molecule has 1 heterocycles. The molecule has 0 amide bonds. The smallest absolute Gasteiger partial charge is 0.348 e. The molecule has 1 aromatic carbocycles. The predicted molar refractivity (Wildman–Crippen MR) is 103 cm³/mol. The number of ether oxygens (including phenoxy) is 4. The van der Waals surface area contributed by atoms with Crippen LogP contribution in [0.15, 0.2) is 24.3 Å². The SMILES string of the molecule is CCOC(=O)c1sc(N)c(C(=O)OCC)c1COC(=O)c1ccc(OC)cc1. The molecule has 0 unspecified atom stereocenters. The van der Waals surface area contributed by atoms with Crippen LogP contribution in [0.5, 0.6) is 5.75 Å². The van der Waals surface area contributed by atoms with Gasteiger partial charge in [-0.15, -0.1) is 11.3 Å². The van der Waals surface area contributed by atoms with Gasteiger partial charge in [0.1, 0.15) is 27.8 Å². The van der Waals surface area contributed by atoms with Crippen LogP contribution in [0.2, 0.25) is 0 Å². The quantitative estimate of drug-likeness (QED) is 0.525. The minimum atomic E-state index is -0.692. The molecule has 0 saturated heterocycles. The van der Waals surface area contributed by atoms with E-state index in [-0.39, 0.29) is 40.8 Å². The van der Waals surface area contributed by atoms with E-state index in [4.69, 9.17) is 24.7 Å². The fourth-order valence-electron chi connectivity index (χ4n) is 2.36. The van der Waals surface area contributed by atoms with Crippen molar-refractivity contribution in [1.29, 1.82) is 0 Å². The molecule has 2 N–H and O–H groups in total. The monoisotopic (exact) mass is 407 g/mol. The van der Waals surface area contributed by atoms with Gasteiger partial charge in [0.05, 0.1) is 25.9 Å². The van der Waals surface area contributed by atoms with Crippen molar-refractivity contribution in [2.24, 2.45) is 0 Å². The van der Waals surface area contributed by atoms with Gasteiger partial charge in [0.2, 0.25) is 0 Å². The molecule has 9 heteroatoms. The fraction of sp³-hybridized carbons (Fsp3) is 0.316. The van der Waals surface area contributed by atoms with Crippen molar-refractivity contribution in [1.82, 2.24) is 0 Å². The Balaban J connectivity index is 2.29. The molecular weight excluding hydrogens is 386 g/mol. The highest BCUT2D eigenvalue weighted by atomic mass is 32.1. The largest absolute Gasteiger partial charge is 0.497 e. The summed E-state index contributed by atoms with van der Waals surface area (Å²) in [5.74, 6) is -1.37. The zero-order valence-corrected chi connectivity index (χ0v) is 16.6. The molecule has 0 aliphatic carbocycles. The molecule has 0 radical (unpaired) electrons. The number of hydrogen-bond donors (Lipinski definition) is 1. The third kappa shape index (κ3) is 4.80. The Labute approximate surface area is 166 Å². The number of carbonyl (C=O) groups is 3. The number of esters is 3. The normalized spacial score (nSPS) is 10.2. The Morgan fingerprint density at radius 3 is 2.11 bits per heavy atom. The summed E-state index contributed by atoms with van der Waals surface area (Å²) in [7, 11) is 1.52. The van der Waals surface area contributed by atoms with Gasteiger partial charge in [-0.1, -0.05) is 0 Å². The maximum Gasteiger partial charge on any atom is 0.348 e. The van der Waals surface area contributed by atoms with Crippen LogP contribution in [-0.2, 0) is 20.8 Å². The van der Waals surface area contributed by atoms with Crippen LogP contribution in [0.3, 0.4) is 0 Å². The number of methoxy groups -OCH3 is 1. The van der Waals surface area contributed by atoms with Crippen LogP contribution in [-0.4, -0.2) is 38.2 Å². The molecule has 0 saturated carbocycles. The lowest BCUT2D eigenvalue weighted by molar-refractivity contribution is 0.0437. The van der Waals surface area contributed by atoms with E-state index in [9.17, 15) is 14.4 Å². The van der Waals surface area contributed by atoms with Crippen molar-refractivity contribution in [2.75, 3.05) is 26.1 Å². The molecule has 150 valence electrons. The Hall–Kier alpha value is -3.07. The molecule has 28 heavy (non-hydrogen) atoms. The molecule has 0 aliphatic heterocycles. The first-order valence-electron chi connectivity index (χ1n) is 8.49. The highest BCUT2D eigenvalue weighted by Gasteiger charge is 2.28. The molecule has 0 bridgehead atoms. The average molecular weight is 407 g/mol. The van der Waals surface area contributed by atoms with Crippen molar-refractivity contribution in [3.8, 4) is 5.75 Å². The summed E-state index contributed by atoms with van der Waals surface area (Å²) in [5, 5.41) is 0.0944. The number of nitrogens with two attached hydrogens (primary N) is 1. The van der Waals surface area contributed by atoms with Crippen LogP contribution in [0, 0.1) is 0 Å². The Bertz CT molecular complexity index is 858. The minimum Gasteiger partial charge on any atom is -0.497 e. The van der Waals surface area contributed by atoms with E-state index in [0.717, 1.165) is 11.3 Å². The summed E-state index contributed by atoms with van der Waals surface area (Å²) in [4.78, 5) is 36.9. The molecule has 0 aliphatic rings. The molecule has 0 fully saturated rings. The third-order valence-electron chi connectivity index (χ3n) is 3.65. The second-order valence-electron chi connectivity index (χ2n) is 5.39. The van der Waals surface area contributed by atoms with Gasteiger partial charge in [-0.05, 0) is 38.1 Å². The zero-order chi connectivity index (χ0) is 20.7. The Kier molecular flexibility index (Phi) is 7.39. The lowest BCUT2D eigenvalue weighted by Gasteiger charge is -2.09. The number of hydrogen-bond acceptors (Lipinski definition) is 9. The van der Waals surface area contributed by atoms with Crippen molar-refractivity contribution >= 4 is 34.2 Å². The van der Waals surface area contributed by atoms with Gasteiger partial charge < -0.3 is 24.7 Å². The van der Waals surface area contributed by atoms with Crippen molar-refractivity contribution < 1.29 is 33.3 Å². The van der Waals surface area contributed by atoms with Crippen LogP contribution < -0.4 is 10.5 Å². The van der Waals surface area contributed by atoms with E-state index in [1.165, 1.54) is 7.11 Å². The topological polar surface area (TPSA) is 114 Å². The molecule has 2 aromatic rings. The second kappa shape index (κ2) is 9.75. The predicted octanol–water partition coefficient (Wildman–Crippen LogP) is 3.05. The number of thiophene rings is 1. The molecule has 8 nitrogen and oxygen atoms in total. The molecule has 0 atom stereocenters. The molecule has 0 spiro atoms. The number of benzene rings is 1. The van der Waals surface area contributed by atoms with Crippen LogP contribution >= 0.6 is 11.3 Å². The second-order valence-corrected chi connectivity index (χ2v) is 6.45. The highest BCUT2D eigenvalue weighted by Crippen LogP contribution is 2.33. The maximum atomic E-state index is 12.3. The number of rotatable bonds is 8. The summed E-state index contributed by atoms with van der Waals surface area (Å²) < 4.78 is 20.3. The maximum absolute atomic E-state index is 12.3. The molecule has 1 aromatic heterocycles. The number of carbonyl (C=O) groups excluding carboxylic acids is 3. The minimum absolute atomic E-state index is 0.0115. The summed E-state index contributed by atoms with van der Waals surface area (Å²) >= 11 is 0.890. The molecule has 2 rings (SSSR count). The first-order valence-corrected chi connectivity index (χ1v) is 9.31. The Morgan fingerprint density at radius 1 is 0.929 bits per heavy atom. The van der Waals surface area contributed by atoms with Gasteiger partial charge in [0.15, 0.2) is 0 Å². The fourth-order valence-corrected chi connectivity index (χ4v) is 3.31. The highest BCUT2D eigenvalue weighted by molar-refractivity contribution is 7.18. The van der Waals surface area contributed by atoms with Crippen molar-refractivity contribution in [3.05, 3.63) is 45.8 Å². The Morgan fingerprint density at radius 2 is 1.54 bits per heavy atom. The summed E-state index contributed by atoms with van der Waals surface area (Å²) in [5.41, 5.74) is 6.38. The summed E-state index contributed by atoms with van der Waals surface area (Å²) in [6.07, 6.45) is 0. The summed E-state index contributed by atoms with van der Waals surface area (Å²) in [6, 6.07) is 6.32. The van der Waals surface area contributed by atoms with Crippen LogP contribution in [0.4, 0.5) is 5.00 Å². The van der Waals surface area contributed by atoms with Gasteiger partial charge in [0.25, 0.3) is 0 Å². The van der Waals surface area contributed by atoms with Crippen LogP contribution in [0.25, 0.3) is 0 Å². The van der Waals surface area contributed by atoms with Gasteiger partial charge >= 0.3 is 17.9 Å².